The third-order valence-corrected chi connectivity index (χ3v) is 7.75. The largest absolute Gasteiger partial charge is 0.497 e. The molecule has 7 heteroatoms. The van der Waals surface area contributed by atoms with Crippen molar-refractivity contribution < 1.29 is 19.0 Å². The van der Waals surface area contributed by atoms with Gasteiger partial charge in [0.05, 0.1) is 27.0 Å². The highest BCUT2D eigenvalue weighted by atomic mass is 16.5. The maximum absolute atomic E-state index is 13.9. The Morgan fingerprint density at radius 2 is 1.51 bits per heavy atom. The summed E-state index contributed by atoms with van der Waals surface area (Å²) in [5.41, 5.74) is 4.39. The van der Waals surface area contributed by atoms with Crippen molar-refractivity contribution in [3.05, 3.63) is 84.1 Å². The second kappa shape index (κ2) is 11.7. The zero-order valence-corrected chi connectivity index (χ0v) is 23.2. The summed E-state index contributed by atoms with van der Waals surface area (Å²) in [7, 11) is 5.01. The first-order valence-corrected chi connectivity index (χ1v) is 13.5. The summed E-state index contributed by atoms with van der Waals surface area (Å²) in [6.07, 6.45) is 2.57. The molecule has 204 valence electrons. The number of ether oxygens (including phenoxy) is 3. The molecule has 2 heterocycles. The summed E-state index contributed by atoms with van der Waals surface area (Å²) in [5.74, 6) is 2.29. The summed E-state index contributed by atoms with van der Waals surface area (Å²) in [4.78, 5) is 18.1. The van der Waals surface area contributed by atoms with E-state index in [1.807, 2.05) is 41.3 Å². The molecule has 0 aliphatic carbocycles. The van der Waals surface area contributed by atoms with E-state index in [9.17, 15) is 4.79 Å². The van der Waals surface area contributed by atoms with E-state index in [2.05, 4.69) is 52.9 Å². The van der Waals surface area contributed by atoms with Crippen LogP contribution in [0, 0.1) is 0 Å². The molecule has 0 saturated carbocycles. The molecule has 0 radical (unpaired) electrons. The van der Waals surface area contributed by atoms with Gasteiger partial charge in [0.1, 0.15) is 17.2 Å². The van der Waals surface area contributed by atoms with Crippen molar-refractivity contribution in [1.29, 1.82) is 0 Å². The van der Waals surface area contributed by atoms with E-state index in [-0.39, 0.29) is 11.8 Å². The van der Waals surface area contributed by atoms with Gasteiger partial charge in [-0.1, -0.05) is 30.3 Å². The summed E-state index contributed by atoms with van der Waals surface area (Å²) in [6, 6.07) is 22.4. The van der Waals surface area contributed by atoms with Crippen LogP contribution in [0.2, 0.25) is 0 Å². The predicted molar refractivity (Wildman–Crippen MR) is 155 cm³/mol. The number of amides is 1. The second-order valence-electron chi connectivity index (χ2n) is 9.83. The van der Waals surface area contributed by atoms with Crippen LogP contribution in [0.4, 0.5) is 5.69 Å². The third-order valence-electron chi connectivity index (χ3n) is 7.75. The normalized spacial score (nSPS) is 14.4. The van der Waals surface area contributed by atoms with E-state index in [1.54, 1.807) is 21.3 Å². The van der Waals surface area contributed by atoms with Crippen LogP contribution in [0.15, 0.2) is 72.9 Å². The van der Waals surface area contributed by atoms with Crippen molar-refractivity contribution in [2.75, 3.05) is 52.4 Å². The fourth-order valence-electron chi connectivity index (χ4n) is 5.64. The highest BCUT2D eigenvalue weighted by molar-refractivity contribution is 5.87. The van der Waals surface area contributed by atoms with Crippen LogP contribution in [0.25, 0.3) is 10.9 Å². The van der Waals surface area contributed by atoms with Crippen molar-refractivity contribution in [3.8, 4) is 17.2 Å². The summed E-state index contributed by atoms with van der Waals surface area (Å²) >= 11 is 0. The maximum Gasteiger partial charge on any atom is 0.223 e. The molecule has 5 rings (SSSR count). The topological polar surface area (TPSA) is 56.2 Å². The van der Waals surface area contributed by atoms with Gasteiger partial charge >= 0.3 is 0 Å². The molecule has 0 bridgehead atoms. The number of fused-ring (bicyclic) bond motifs is 1. The Labute approximate surface area is 230 Å². The zero-order chi connectivity index (χ0) is 27.4. The smallest absolute Gasteiger partial charge is 0.223 e. The third kappa shape index (κ3) is 5.39. The van der Waals surface area contributed by atoms with Crippen LogP contribution in [0.5, 0.6) is 17.2 Å². The maximum atomic E-state index is 13.9. The fourth-order valence-corrected chi connectivity index (χ4v) is 5.64. The Kier molecular flexibility index (Phi) is 7.96. The minimum Gasteiger partial charge on any atom is -0.497 e. The van der Waals surface area contributed by atoms with E-state index >= 15 is 0 Å². The Balaban J connectivity index is 1.44. The van der Waals surface area contributed by atoms with Gasteiger partial charge < -0.3 is 28.6 Å². The van der Waals surface area contributed by atoms with Crippen LogP contribution in [0.3, 0.4) is 0 Å². The highest BCUT2D eigenvalue weighted by Gasteiger charge is 2.28. The van der Waals surface area contributed by atoms with Crippen LogP contribution < -0.4 is 19.1 Å². The first-order valence-electron chi connectivity index (χ1n) is 13.5. The van der Waals surface area contributed by atoms with Crippen molar-refractivity contribution in [1.82, 2.24) is 9.47 Å². The van der Waals surface area contributed by atoms with Crippen LogP contribution in [0.1, 0.15) is 30.4 Å². The molecule has 1 saturated heterocycles. The number of piperazine rings is 1. The van der Waals surface area contributed by atoms with E-state index in [0.717, 1.165) is 42.2 Å². The number of para-hydroxylation sites is 3. The molecular weight excluding hydrogens is 490 g/mol. The van der Waals surface area contributed by atoms with Gasteiger partial charge in [-0.05, 0) is 48.4 Å². The lowest BCUT2D eigenvalue weighted by Crippen LogP contribution is -2.49. The van der Waals surface area contributed by atoms with Gasteiger partial charge in [-0.15, -0.1) is 0 Å². The summed E-state index contributed by atoms with van der Waals surface area (Å²) < 4.78 is 19.0. The van der Waals surface area contributed by atoms with Crippen LogP contribution in [-0.2, 0) is 11.3 Å². The molecule has 1 unspecified atom stereocenters. The number of methoxy groups -OCH3 is 3. The molecule has 4 aromatic rings. The SMILES string of the molecule is CCn1cc(C(CC(=O)N2CCN(c3ccccc3OC)CC2)c2cc(OC)cc(OC)c2)c2ccccc21. The van der Waals surface area contributed by atoms with Crippen molar-refractivity contribution >= 4 is 22.5 Å². The van der Waals surface area contributed by atoms with E-state index in [0.29, 0.717) is 31.0 Å². The summed E-state index contributed by atoms with van der Waals surface area (Å²) in [6.45, 7) is 5.86. The van der Waals surface area contributed by atoms with E-state index in [4.69, 9.17) is 14.2 Å². The molecule has 1 fully saturated rings. The Hall–Kier alpha value is -4.13. The molecule has 7 nitrogen and oxygen atoms in total. The number of benzene rings is 3. The average Bonchev–Trinajstić information content (AvgIpc) is 3.38. The number of anilines is 1. The van der Waals surface area contributed by atoms with Crippen molar-refractivity contribution in [2.24, 2.45) is 0 Å². The van der Waals surface area contributed by atoms with Gasteiger partial charge in [0.2, 0.25) is 5.91 Å². The van der Waals surface area contributed by atoms with Crippen LogP contribution >= 0.6 is 0 Å². The minimum atomic E-state index is -0.147. The lowest BCUT2D eigenvalue weighted by atomic mass is 9.87. The Bertz CT molecular complexity index is 1420. The lowest BCUT2D eigenvalue weighted by Gasteiger charge is -2.37. The Morgan fingerprint density at radius 3 is 2.18 bits per heavy atom. The van der Waals surface area contributed by atoms with Crippen molar-refractivity contribution in [3.63, 3.8) is 0 Å². The molecule has 1 amide bonds. The van der Waals surface area contributed by atoms with Gasteiger partial charge in [0.15, 0.2) is 0 Å². The number of hydrogen-bond acceptors (Lipinski definition) is 5. The number of nitrogens with zero attached hydrogens (tertiary/aromatic N) is 3. The summed E-state index contributed by atoms with van der Waals surface area (Å²) in [5, 5.41) is 1.17. The lowest BCUT2D eigenvalue weighted by molar-refractivity contribution is -0.131. The molecule has 1 aromatic heterocycles. The first-order chi connectivity index (χ1) is 19.1. The Morgan fingerprint density at radius 1 is 0.846 bits per heavy atom. The van der Waals surface area contributed by atoms with E-state index < -0.39 is 0 Å². The molecule has 39 heavy (non-hydrogen) atoms. The van der Waals surface area contributed by atoms with Crippen molar-refractivity contribution in [2.45, 2.75) is 25.8 Å². The highest BCUT2D eigenvalue weighted by Crippen LogP contribution is 2.38. The first kappa shape index (κ1) is 26.5. The molecular formula is C32H37N3O4. The number of aromatic nitrogens is 1. The monoisotopic (exact) mass is 527 g/mol. The molecule has 1 aliphatic rings. The van der Waals surface area contributed by atoms with Gasteiger partial charge in [-0.2, -0.15) is 0 Å². The zero-order valence-electron chi connectivity index (χ0n) is 23.2. The fraction of sp³-hybridized carbons (Fsp3) is 0.344. The van der Waals surface area contributed by atoms with Crippen LogP contribution in [-0.4, -0.2) is 62.9 Å². The predicted octanol–water partition coefficient (Wildman–Crippen LogP) is 5.56. The van der Waals surface area contributed by atoms with Gasteiger partial charge in [-0.3, -0.25) is 4.79 Å². The molecule has 1 atom stereocenters. The number of carbonyl (C=O) groups excluding carboxylic acids is 1. The standard InChI is InChI=1S/C32H37N3O4/c1-5-33-22-28(26-10-6-7-11-29(26)33)27(23-18-24(37-2)20-25(19-23)38-3)21-32(36)35-16-14-34(15-17-35)30-12-8-9-13-31(30)39-4/h6-13,18-20,22,27H,5,14-17,21H2,1-4H3. The van der Waals surface area contributed by atoms with E-state index in [1.165, 1.54) is 10.9 Å². The number of aryl methyl sites for hydroxylation is 1. The second-order valence-corrected chi connectivity index (χ2v) is 9.83. The van der Waals surface area contributed by atoms with Gasteiger partial charge in [-0.25, -0.2) is 0 Å². The molecule has 1 aliphatic heterocycles. The van der Waals surface area contributed by atoms with Gasteiger partial charge in [0, 0.05) is 68.2 Å². The number of carbonyl (C=O) groups is 1. The molecule has 0 N–H and O–H groups in total. The average molecular weight is 528 g/mol. The number of hydrogen-bond donors (Lipinski definition) is 0. The molecule has 3 aromatic carbocycles. The molecule has 0 spiro atoms. The number of rotatable bonds is 9. The van der Waals surface area contributed by atoms with Gasteiger partial charge in [0.25, 0.3) is 0 Å². The quantitative estimate of drug-likeness (QED) is 0.285. The minimum absolute atomic E-state index is 0.147.